The summed E-state index contributed by atoms with van der Waals surface area (Å²) in [6.45, 7) is 4.22. The molecule has 1 rings (SSSR count). The van der Waals surface area contributed by atoms with Gasteiger partial charge in [-0.1, -0.05) is 5.16 Å². The molecule has 1 aliphatic rings. The summed E-state index contributed by atoms with van der Waals surface area (Å²) in [6, 6.07) is -0.412. The molecule has 0 aromatic rings. The summed E-state index contributed by atoms with van der Waals surface area (Å²) in [5, 5.41) is 11.5. The first kappa shape index (κ1) is 12.8. The van der Waals surface area contributed by atoms with Gasteiger partial charge in [0.2, 0.25) is 5.91 Å². The van der Waals surface area contributed by atoms with Crippen LogP contribution in [0.1, 0.15) is 20.3 Å². The fourth-order valence-corrected chi connectivity index (χ4v) is 1.79. The first-order valence-electron chi connectivity index (χ1n) is 5.34. The molecule has 1 heterocycles. The van der Waals surface area contributed by atoms with E-state index >= 15 is 0 Å². The number of nitrogens with zero attached hydrogens (tertiary/aromatic N) is 2. The highest BCUT2D eigenvalue weighted by Gasteiger charge is 2.34. The third kappa shape index (κ3) is 2.44. The van der Waals surface area contributed by atoms with E-state index < -0.39 is 6.04 Å². The molecule has 0 aromatic heterocycles. The highest BCUT2D eigenvalue weighted by Crippen LogP contribution is 2.22. The Labute approximate surface area is 95.0 Å². The van der Waals surface area contributed by atoms with E-state index in [-0.39, 0.29) is 23.8 Å². The van der Waals surface area contributed by atoms with Crippen LogP contribution in [0.5, 0.6) is 0 Å². The van der Waals surface area contributed by atoms with Crippen molar-refractivity contribution in [1.82, 2.24) is 4.90 Å². The van der Waals surface area contributed by atoms with Crippen molar-refractivity contribution in [2.24, 2.45) is 16.8 Å². The molecule has 92 valence electrons. The zero-order valence-corrected chi connectivity index (χ0v) is 9.88. The standard InChI is InChI=1S/C10H19N3O3/c1-6(9(11)12-15)13(3)10(14)8-4-5-16-7(8)2/h6-8,15H,4-5H2,1-3H3,(H2,11,12). The predicted octanol–water partition coefficient (Wildman–Crippen LogP) is 0.00470. The van der Waals surface area contributed by atoms with Gasteiger partial charge in [0.1, 0.15) is 0 Å². The molecular weight excluding hydrogens is 210 g/mol. The lowest BCUT2D eigenvalue weighted by molar-refractivity contribution is -0.136. The number of hydrogen-bond donors (Lipinski definition) is 2. The molecule has 0 spiro atoms. The maximum atomic E-state index is 12.1. The zero-order chi connectivity index (χ0) is 12.3. The van der Waals surface area contributed by atoms with Gasteiger partial charge in [0.05, 0.1) is 18.1 Å². The molecule has 3 atom stereocenters. The van der Waals surface area contributed by atoms with Crippen molar-refractivity contribution in [2.75, 3.05) is 13.7 Å². The summed E-state index contributed by atoms with van der Waals surface area (Å²) in [6.07, 6.45) is 0.669. The third-order valence-corrected chi connectivity index (χ3v) is 3.17. The molecule has 1 aliphatic heterocycles. The molecule has 0 aromatic carbocycles. The van der Waals surface area contributed by atoms with Crippen LogP contribution in [0.4, 0.5) is 0 Å². The maximum Gasteiger partial charge on any atom is 0.228 e. The SMILES string of the molecule is CC1OCCC1C(=O)N(C)C(C)C(N)=NO. The van der Waals surface area contributed by atoms with Crippen molar-refractivity contribution in [3.05, 3.63) is 0 Å². The number of ether oxygens (including phenoxy) is 1. The van der Waals surface area contributed by atoms with Crippen LogP contribution >= 0.6 is 0 Å². The van der Waals surface area contributed by atoms with Crippen LogP contribution in [0.2, 0.25) is 0 Å². The molecule has 1 amide bonds. The van der Waals surface area contributed by atoms with Crippen molar-refractivity contribution < 1.29 is 14.7 Å². The summed E-state index contributed by atoms with van der Waals surface area (Å²) in [4.78, 5) is 13.6. The summed E-state index contributed by atoms with van der Waals surface area (Å²) < 4.78 is 5.34. The average molecular weight is 229 g/mol. The van der Waals surface area contributed by atoms with Gasteiger partial charge in [-0.05, 0) is 20.3 Å². The van der Waals surface area contributed by atoms with Crippen LogP contribution in [-0.2, 0) is 9.53 Å². The Morgan fingerprint density at radius 3 is 2.75 bits per heavy atom. The lowest BCUT2D eigenvalue weighted by Crippen LogP contribution is -2.47. The van der Waals surface area contributed by atoms with Gasteiger partial charge in [-0.25, -0.2) is 0 Å². The van der Waals surface area contributed by atoms with Gasteiger partial charge in [0, 0.05) is 13.7 Å². The first-order chi connectivity index (χ1) is 7.49. The van der Waals surface area contributed by atoms with Gasteiger partial charge in [-0.2, -0.15) is 0 Å². The second-order valence-corrected chi connectivity index (χ2v) is 4.12. The number of carbonyl (C=O) groups is 1. The normalized spacial score (nSPS) is 27.8. The van der Waals surface area contributed by atoms with Crippen LogP contribution in [0.25, 0.3) is 0 Å². The van der Waals surface area contributed by atoms with Gasteiger partial charge in [-0.15, -0.1) is 0 Å². The summed E-state index contributed by atoms with van der Waals surface area (Å²) in [7, 11) is 1.65. The molecule has 0 aliphatic carbocycles. The molecule has 16 heavy (non-hydrogen) atoms. The Morgan fingerprint density at radius 2 is 2.31 bits per heavy atom. The number of hydrogen-bond acceptors (Lipinski definition) is 4. The smallest absolute Gasteiger partial charge is 0.228 e. The Hall–Kier alpha value is -1.30. The first-order valence-corrected chi connectivity index (χ1v) is 5.34. The van der Waals surface area contributed by atoms with Crippen molar-refractivity contribution in [3.8, 4) is 0 Å². The van der Waals surface area contributed by atoms with Crippen molar-refractivity contribution in [3.63, 3.8) is 0 Å². The zero-order valence-electron chi connectivity index (χ0n) is 9.88. The molecule has 1 saturated heterocycles. The molecule has 0 saturated carbocycles. The molecule has 0 bridgehead atoms. The Kier molecular flexibility index (Phi) is 4.12. The van der Waals surface area contributed by atoms with Crippen molar-refractivity contribution >= 4 is 11.7 Å². The Bertz CT molecular complexity index is 293. The molecule has 0 radical (unpaired) electrons. The molecule has 3 N–H and O–H groups in total. The van der Waals surface area contributed by atoms with E-state index in [1.54, 1.807) is 14.0 Å². The number of carbonyl (C=O) groups excluding carboxylic acids is 1. The van der Waals surface area contributed by atoms with Gasteiger partial charge in [0.25, 0.3) is 0 Å². The van der Waals surface area contributed by atoms with Gasteiger partial charge in [-0.3, -0.25) is 4.79 Å². The fourth-order valence-electron chi connectivity index (χ4n) is 1.79. The minimum atomic E-state index is -0.412. The lowest BCUT2D eigenvalue weighted by atomic mass is 10.0. The van der Waals surface area contributed by atoms with E-state index in [0.717, 1.165) is 6.42 Å². The Morgan fingerprint density at radius 1 is 1.69 bits per heavy atom. The van der Waals surface area contributed by atoms with Gasteiger partial charge >= 0.3 is 0 Å². The monoisotopic (exact) mass is 229 g/mol. The largest absolute Gasteiger partial charge is 0.409 e. The van der Waals surface area contributed by atoms with E-state index in [9.17, 15) is 4.79 Å². The average Bonchev–Trinajstić information content (AvgIpc) is 2.71. The second-order valence-electron chi connectivity index (χ2n) is 4.12. The maximum absolute atomic E-state index is 12.1. The summed E-state index contributed by atoms with van der Waals surface area (Å²) in [5.41, 5.74) is 5.46. The molecular formula is C10H19N3O3. The van der Waals surface area contributed by atoms with Crippen LogP contribution < -0.4 is 5.73 Å². The molecule has 1 fully saturated rings. The number of likely N-dealkylation sites (N-methyl/N-ethyl adjacent to an activating group) is 1. The van der Waals surface area contributed by atoms with E-state index in [1.807, 2.05) is 6.92 Å². The third-order valence-electron chi connectivity index (χ3n) is 3.17. The highest BCUT2D eigenvalue weighted by molar-refractivity contribution is 5.90. The van der Waals surface area contributed by atoms with E-state index in [4.69, 9.17) is 15.7 Å². The number of amidine groups is 1. The van der Waals surface area contributed by atoms with Crippen LogP contribution in [0.3, 0.4) is 0 Å². The lowest BCUT2D eigenvalue weighted by Gasteiger charge is -2.27. The topological polar surface area (TPSA) is 88.2 Å². The number of amides is 1. The number of rotatable bonds is 3. The Balaban J connectivity index is 2.66. The van der Waals surface area contributed by atoms with Gasteiger partial charge < -0.3 is 20.6 Å². The minimum Gasteiger partial charge on any atom is -0.409 e. The molecule has 6 heteroatoms. The second kappa shape index (κ2) is 5.16. The van der Waals surface area contributed by atoms with Crippen LogP contribution in [-0.4, -0.2) is 47.7 Å². The fraction of sp³-hybridized carbons (Fsp3) is 0.800. The van der Waals surface area contributed by atoms with Crippen LogP contribution in [0, 0.1) is 5.92 Å². The van der Waals surface area contributed by atoms with Gasteiger partial charge in [0.15, 0.2) is 5.84 Å². The highest BCUT2D eigenvalue weighted by atomic mass is 16.5. The molecule has 3 unspecified atom stereocenters. The quantitative estimate of drug-likeness (QED) is 0.309. The van der Waals surface area contributed by atoms with E-state index in [2.05, 4.69) is 5.16 Å². The predicted molar refractivity (Wildman–Crippen MR) is 59.2 cm³/mol. The van der Waals surface area contributed by atoms with E-state index in [0.29, 0.717) is 6.61 Å². The van der Waals surface area contributed by atoms with Crippen LogP contribution in [0.15, 0.2) is 5.16 Å². The summed E-state index contributed by atoms with van der Waals surface area (Å²) >= 11 is 0. The summed E-state index contributed by atoms with van der Waals surface area (Å²) in [5.74, 6) is -0.120. The minimum absolute atomic E-state index is 0.0240. The number of nitrogens with two attached hydrogens (primary N) is 1. The van der Waals surface area contributed by atoms with Crippen molar-refractivity contribution in [2.45, 2.75) is 32.4 Å². The van der Waals surface area contributed by atoms with Crippen molar-refractivity contribution in [1.29, 1.82) is 0 Å². The molecule has 6 nitrogen and oxygen atoms in total. The van der Waals surface area contributed by atoms with E-state index in [1.165, 1.54) is 4.90 Å². The number of oxime groups is 1.